The van der Waals surface area contributed by atoms with E-state index in [1.54, 1.807) is 6.20 Å². The summed E-state index contributed by atoms with van der Waals surface area (Å²) in [5.41, 5.74) is 10.6. The highest BCUT2D eigenvalue weighted by molar-refractivity contribution is 5.81. The number of hydrogen-bond acceptors (Lipinski definition) is 14. The molecular weight excluding hydrogens is 1170 g/mol. The van der Waals surface area contributed by atoms with E-state index in [4.69, 9.17) is 45.5 Å². The molecule has 1 fully saturated rings. The van der Waals surface area contributed by atoms with E-state index >= 15 is 0 Å². The molecule has 5 atom stereocenters. The minimum atomic E-state index is -5.08. The van der Waals surface area contributed by atoms with Crippen molar-refractivity contribution >= 4 is 30.0 Å². The molecule has 3 amide bonds. The molecule has 0 spiro atoms. The van der Waals surface area contributed by atoms with E-state index < -0.39 is 78.3 Å². The van der Waals surface area contributed by atoms with Gasteiger partial charge in [0.1, 0.15) is 11.8 Å². The van der Waals surface area contributed by atoms with Gasteiger partial charge in [0.25, 0.3) is 5.56 Å². The van der Waals surface area contributed by atoms with E-state index in [9.17, 15) is 50.3 Å². The van der Waals surface area contributed by atoms with Gasteiger partial charge < -0.3 is 51.8 Å². The van der Waals surface area contributed by atoms with Gasteiger partial charge in [0, 0.05) is 25.4 Å². The predicted octanol–water partition coefficient (Wildman–Crippen LogP) is 11.3. The maximum absolute atomic E-state index is 13.5. The van der Waals surface area contributed by atoms with Crippen molar-refractivity contribution in [1.29, 1.82) is 0 Å². The Morgan fingerprint density at radius 2 is 1.07 bits per heavy atom. The molecule has 1 aliphatic rings. The fourth-order valence-electron chi connectivity index (χ4n) is 9.07. The molecule has 0 bridgehead atoms. The molecule has 1 aliphatic heterocycles. The summed E-state index contributed by atoms with van der Waals surface area (Å²) in [6, 6.07) is 0.465. The van der Waals surface area contributed by atoms with Gasteiger partial charge in [-0.05, 0) is 83.6 Å². The van der Waals surface area contributed by atoms with Gasteiger partial charge in [-0.15, -0.1) is 5.10 Å². The van der Waals surface area contributed by atoms with Crippen molar-refractivity contribution < 1.29 is 74.7 Å². The normalized spacial score (nSPS) is 16.1. The minimum Gasteiger partial charge on any atom is -0.475 e. The monoisotopic (exact) mass is 1270 g/mol. The summed E-state index contributed by atoms with van der Waals surface area (Å²) in [6.07, 6.45) is 30.4. The van der Waals surface area contributed by atoms with Crippen LogP contribution < -0.4 is 38.7 Å². The summed E-state index contributed by atoms with van der Waals surface area (Å²) in [5, 5.41) is 31.1. The molecule has 0 radical (unpaired) electrons. The number of amides is 3. The SMILES string of the molecule is CCCCCCCC/C=C\CCCCCCCCNC(=O)O[C@@H]1[C@H](OC(=O)NCCCCCCCC/C=C\CCCCCCCC)[C@@H](Cn2cc(CNC(=O)[C@@H](N)CCCCN)nn2)O[C@H]1n1ccc(=O)[nH]c1=O.O=C(O)C(F)(F)F.O=C(O)C(F)(F)F. The Morgan fingerprint density at radius 3 is 1.49 bits per heavy atom. The number of alkyl halides is 6. The van der Waals surface area contributed by atoms with Crippen LogP contribution in [0.15, 0.2) is 52.4 Å². The van der Waals surface area contributed by atoms with Crippen LogP contribution in [-0.4, -0.2) is 121 Å². The Balaban J connectivity index is 0.00000245. The summed E-state index contributed by atoms with van der Waals surface area (Å²) in [4.78, 5) is 85.0. The zero-order valence-electron chi connectivity index (χ0n) is 51.6. The van der Waals surface area contributed by atoms with Gasteiger partial charge in [0.15, 0.2) is 18.4 Å². The van der Waals surface area contributed by atoms with E-state index in [-0.39, 0.29) is 19.0 Å². The molecule has 1 saturated heterocycles. The number of alkyl carbamates (subject to hydrolysis) is 2. The average molecular weight is 1270 g/mol. The lowest BCUT2D eigenvalue weighted by molar-refractivity contribution is -0.193. The van der Waals surface area contributed by atoms with Crippen LogP contribution >= 0.6 is 0 Å². The lowest BCUT2D eigenvalue weighted by Gasteiger charge is -2.25. The molecule has 3 heterocycles. The number of nitrogens with zero attached hydrogens (tertiary/aromatic N) is 4. The second-order valence-electron chi connectivity index (χ2n) is 21.7. The Bertz CT molecular complexity index is 2360. The van der Waals surface area contributed by atoms with E-state index in [1.165, 1.54) is 114 Å². The Hall–Kier alpha value is -6.29. The minimum absolute atomic E-state index is 0.0437. The van der Waals surface area contributed by atoms with E-state index in [2.05, 4.69) is 69.4 Å². The van der Waals surface area contributed by atoms with Crippen LogP contribution in [0.3, 0.4) is 0 Å². The third-order valence-corrected chi connectivity index (χ3v) is 14.0. The number of ether oxygens (including phenoxy) is 3. The maximum atomic E-state index is 13.5. The van der Waals surface area contributed by atoms with Gasteiger partial charge in [0.2, 0.25) is 5.91 Å². The van der Waals surface area contributed by atoms with Crippen LogP contribution in [0.2, 0.25) is 0 Å². The number of carboxylic acids is 2. The van der Waals surface area contributed by atoms with Gasteiger partial charge in [-0.3, -0.25) is 19.1 Å². The van der Waals surface area contributed by atoms with Gasteiger partial charge in [-0.25, -0.2) is 28.7 Å². The van der Waals surface area contributed by atoms with E-state index in [0.29, 0.717) is 31.7 Å². The Kier molecular flexibility index (Phi) is 44.0. The van der Waals surface area contributed by atoms with Crippen LogP contribution in [0.25, 0.3) is 0 Å². The van der Waals surface area contributed by atoms with Crippen molar-refractivity contribution in [2.45, 2.75) is 269 Å². The average Bonchev–Trinajstić information content (AvgIpc) is 2.88. The lowest BCUT2D eigenvalue weighted by atomic mass is 10.1. The molecule has 0 unspecified atom stereocenters. The first-order valence-electron chi connectivity index (χ1n) is 31.4. The highest BCUT2D eigenvalue weighted by atomic mass is 19.4. The van der Waals surface area contributed by atoms with Crippen LogP contribution in [-0.2, 0) is 41.7 Å². The number of aliphatic carboxylic acids is 2. The van der Waals surface area contributed by atoms with Crippen molar-refractivity contribution in [3.8, 4) is 0 Å². The van der Waals surface area contributed by atoms with Crippen molar-refractivity contribution in [3.05, 3.63) is 69.3 Å². The smallest absolute Gasteiger partial charge is 0.475 e. The number of rotatable bonds is 44. The molecule has 0 aromatic carbocycles. The van der Waals surface area contributed by atoms with Gasteiger partial charge in [-0.1, -0.05) is 165 Å². The number of carbonyl (C=O) groups is 5. The molecule has 22 nitrogen and oxygen atoms in total. The van der Waals surface area contributed by atoms with Gasteiger partial charge in [-0.2, -0.15) is 26.3 Å². The first-order valence-corrected chi connectivity index (χ1v) is 31.4. The number of nitrogens with one attached hydrogen (secondary N) is 4. The largest absolute Gasteiger partial charge is 0.490 e. The highest BCUT2D eigenvalue weighted by Gasteiger charge is 2.51. The Morgan fingerprint density at radius 1 is 0.648 bits per heavy atom. The topological polar surface area (TPSA) is 327 Å². The number of halogens is 6. The predicted molar refractivity (Wildman–Crippen MR) is 321 cm³/mol. The number of hydrogen-bond donors (Lipinski definition) is 8. The number of H-pyrrole nitrogens is 1. The third kappa shape index (κ3) is 39.6. The van der Waals surface area contributed by atoms with Crippen LogP contribution in [0.4, 0.5) is 35.9 Å². The van der Waals surface area contributed by atoms with E-state index in [0.717, 1.165) is 101 Å². The zero-order valence-corrected chi connectivity index (χ0v) is 51.6. The lowest BCUT2D eigenvalue weighted by Crippen LogP contribution is -2.45. The number of aromatic amines is 1. The third-order valence-electron chi connectivity index (χ3n) is 14.0. The Labute approximate surface area is 513 Å². The molecule has 10 N–H and O–H groups in total. The molecular formula is C60H100F6N10O12. The standard InChI is InChI=1S/C56H98N10O8.2C2HF3O2/c1-3-5-7-9-11-13-15-17-19-21-23-25-27-29-31-35-40-59-55(70)73-50-48(45-65-44-46(63-64-65)43-61-52(68)47(58)37-33-34-39-57)72-53(66-42-38-49(67)62-54(66)69)51(50)74-56(71)60-41-36-32-30-28-26-24-22-20-18-16-14-12-10-8-6-4-2;2*3-2(4,5)1(6)7/h17-20,38,42,44,47-48,50-51,53H,3-16,21-37,39-41,43,45,57-58H2,1-2H3,(H,59,70)(H,60,71)(H,61,68)(H,62,67,69);2*(H,6,7)/b19-17-,20-18-;;/t47-,48+,50+,51+,53+;;/m0../s1. The molecule has 2 aromatic rings. The molecule has 2 aromatic heterocycles. The summed E-state index contributed by atoms with van der Waals surface area (Å²) >= 11 is 0. The zero-order chi connectivity index (χ0) is 65.4. The number of nitrogens with two attached hydrogens (primary N) is 2. The maximum Gasteiger partial charge on any atom is 0.490 e. The van der Waals surface area contributed by atoms with Crippen LogP contribution in [0.1, 0.15) is 225 Å². The molecule has 28 heteroatoms. The van der Waals surface area contributed by atoms with Crippen LogP contribution in [0, 0.1) is 0 Å². The van der Waals surface area contributed by atoms with Crippen molar-refractivity contribution in [2.24, 2.45) is 11.5 Å². The summed E-state index contributed by atoms with van der Waals surface area (Å²) in [5.74, 6) is -5.84. The highest BCUT2D eigenvalue weighted by Crippen LogP contribution is 2.34. The molecule has 0 aliphatic carbocycles. The summed E-state index contributed by atoms with van der Waals surface area (Å²) in [7, 11) is 0. The fourth-order valence-corrected chi connectivity index (χ4v) is 9.07. The van der Waals surface area contributed by atoms with Crippen LogP contribution in [0.5, 0.6) is 0 Å². The number of aromatic nitrogens is 5. The van der Waals surface area contributed by atoms with Crippen molar-refractivity contribution in [1.82, 2.24) is 40.5 Å². The quantitative estimate of drug-likeness (QED) is 0.0174. The summed E-state index contributed by atoms with van der Waals surface area (Å²) < 4.78 is 84.4. The molecule has 88 heavy (non-hydrogen) atoms. The number of unbranched alkanes of at least 4 members (excludes halogenated alkanes) is 25. The first kappa shape index (κ1) is 79.7. The van der Waals surface area contributed by atoms with Crippen molar-refractivity contribution in [2.75, 3.05) is 19.6 Å². The fraction of sp³-hybridized carbons (Fsp3) is 0.750. The molecule has 0 saturated carbocycles. The number of allylic oxidation sites excluding steroid dienone is 4. The second-order valence-corrected chi connectivity index (χ2v) is 21.7. The van der Waals surface area contributed by atoms with Gasteiger partial charge in [0.05, 0.1) is 25.3 Å². The number of carbonyl (C=O) groups excluding carboxylic acids is 3. The van der Waals surface area contributed by atoms with Crippen molar-refractivity contribution in [3.63, 3.8) is 0 Å². The summed E-state index contributed by atoms with van der Waals surface area (Å²) in [6.45, 7) is 5.77. The number of carboxylic acid groups (broad SMARTS) is 2. The van der Waals surface area contributed by atoms with E-state index in [1.807, 2.05) is 0 Å². The second kappa shape index (κ2) is 48.6. The molecule has 504 valence electrons. The first-order chi connectivity index (χ1) is 42.0. The van der Waals surface area contributed by atoms with Gasteiger partial charge >= 0.3 is 42.2 Å². The molecule has 3 rings (SSSR count).